The second-order valence-corrected chi connectivity index (χ2v) is 3.50. The van der Waals surface area contributed by atoms with Crippen molar-refractivity contribution in [3.8, 4) is 0 Å². The van der Waals surface area contributed by atoms with Gasteiger partial charge >= 0.3 is 5.71 Å². The number of allylic oxidation sites excluding steroid dienone is 2. The van der Waals surface area contributed by atoms with E-state index in [0.717, 1.165) is 6.42 Å². The molecule has 0 amide bonds. The summed E-state index contributed by atoms with van der Waals surface area (Å²) in [7, 11) is 1.99. The standard InChI is InChI=1S/C9H16N2/c1-7(2)5-9-6-8(3)11(4)10-9/h6-7H,5H2,1-4H3/q+2. The monoisotopic (exact) mass is 152 g/mol. The zero-order chi connectivity index (χ0) is 8.43. The average molecular weight is 152 g/mol. The number of hydrogen-bond donors (Lipinski definition) is 0. The van der Waals surface area contributed by atoms with E-state index < -0.39 is 0 Å². The Morgan fingerprint density at radius 1 is 1.55 bits per heavy atom. The van der Waals surface area contributed by atoms with Crippen LogP contribution in [0.2, 0.25) is 0 Å². The molecule has 0 radical (unpaired) electrons. The first kappa shape index (κ1) is 8.22. The Morgan fingerprint density at radius 3 is 2.55 bits per heavy atom. The Hall–Kier alpha value is -0.880. The van der Waals surface area contributed by atoms with Crippen molar-refractivity contribution in [2.45, 2.75) is 27.2 Å². The summed E-state index contributed by atoms with van der Waals surface area (Å²) in [4.78, 5) is 4.37. The zero-order valence-corrected chi connectivity index (χ0v) is 7.76. The van der Waals surface area contributed by atoms with Gasteiger partial charge in [-0.3, -0.25) is 0 Å². The normalized spacial score (nSPS) is 16.6. The third kappa shape index (κ3) is 2.02. The van der Waals surface area contributed by atoms with Gasteiger partial charge in [-0.1, -0.05) is 13.8 Å². The summed E-state index contributed by atoms with van der Waals surface area (Å²) in [5.41, 5.74) is 2.45. The third-order valence-corrected chi connectivity index (χ3v) is 1.78. The molecule has 0 saturated heterocycles. The summed E-state index contributed by atoms with van der Waals surface area (Å²) in [5, 5.41) is 0. The van der Waals surface area contributed by atoms with Crippen molar-refractivity contribution in [2.24, 2.45) is 5.92 Å². The van der Waals surface area contributed by atoms with Crippen LogP contribution in [0.1, 0.15) is 27.2 Å². The van der Waals surface area contributed by atoms with E-state index in [9.17, 15) is 0 Å². The molecular weight excluding hydrogens is 136 g/mol. The van der Waals surface area contributed by atoms with E-state index in [1.54, 1.807) is 0 Å². The molecular formula is C9H16N2+2. The second kappa shape index (κ2) is 3.02. The van der Waals surface area contributed by atoms with Crippen LogP contribution < -0.4 is 0 Å². The lowest BCUT2D eigenvalue weighted by atomic mass is 10.1. The molecule has 0 unspecified atom stereocenters. The molecule has 0 aliphatic carbocycles. The Balaban J connectivity index is 2.71. The van der Waals surface area contributed by atoms with Crippen LogP contribution in [0, 0.1) is 5.92 Å². The molecule has 2 heteroatoms. The fraction of sp³-hybridized carbons (Fsp3) is 0.667. The quantitative estimate of drug-likeness (QED) is 0.423. The summed E-state index contributed by atoms with van der Waals surface area (Å²) in [6.07, 6.45) is 3.24. The minimum absolute atomic E-state index is 0.698. The van der Waals surface area contributed by atoms with Gasteiger partial charge in [-0.15, -0.1) is 0 Å². The van der Waals surface area contributed by atoms with Crippen molar-refractivity contribution in [1.82, 2.24) is 0 Å². The Morgan fingerprint density at radius 2 is 2.18 bits per heavy atom. The maximum Gasteiger partial charge on any atom is 0.393 e. The molecule has 0 fully saturated rings. The first-order valence-corrected chi connectivity index (χ1v) is 4.09. The average Bonchev–Trinajstić information content (AvgIpc) is 2.10. The van der Waals surface area contributed by atoms with Crippen LogP contribution in [-0.4, -0.2) is 22.2 Å². The predicted octanol–water partition coefficient (Wildman–Crippen LogP) is 1.69. The second-order valence-electron chi connectivity index (χ2n) is 3.50. The van der Waals surface area contributed by atoms with Crippen LogP contribution in [0.25, 0.3) is 0 Å². The van der Waals surface area contributed by atoms with E-state index in [-0.39, 0.29) is 0 Å². The fourth-order valence-electron chi connectivity index (χ4n) is 1.15. The van der Waals surface area contributed by atoms with Crippen LogP contribution in [0.3, 0.4) is 0 Å². The van der Waals surface area contributed by atoms with Crippen molar-refractivity contribution >= 4 is 5.71 Å². The van der Waals surface area contributed by atoms with Gasteiger partial charge in [-0.05, 0) is 5.92 Å². The number of hydrogen-bond acceptors (Lipinski definition) is 0. The number of nitrogens with zero attached hydrogens (tertiary/aromatic N) is 2. The molecule has 1 aliphatic rings. The molecule has 1 aliphatic heterocycles. The van der Waals surface area contributed by atoms with E-state index in [2.05, 4.69) is 31.6 Å². The molecule has 11 heavy (non-hydrogen) atoms. The van der Waals surface area contributed by atoms with E-state index in [4.69, 9.17) is 0 Å². The van der Waals surface area contributed by atoms with E-state index in [1.807, 2.05) is 11.7 Å². The Kier molecular flexibility index (Phi) is 2.25. The largest absolute Gasteiger partial charge is 0.393 e. The van der Waals surface area contributed by atoms with Crippen molar-refractivity contribution in [3.05, 3.63) is 11.8 Å². The molecule has 1 heterocycles. The molecule has 1 rings (SSSR count). The van der Waals surface area contributed by atoms with Gasteiger partial charge in [0.1, 0.15) is 10.8 Å². The van der Waals surface area contributed by atoms with Crippen LogP contribution in [0.5, 0.6) is 0 Å². The molecule has 0 aromatic carbocycles. The molecule has 0 N–H and O–H groups in total. The van der Waals surface area contributed by atoms with E-state index >= 15 is 0 Å². The summed E-state index contributed by atoms with van der Waals surface area (Å²) in [5.74, 6) is 0.698. The van der Waals surface area contributed by atoms with Crippen molar-refractivity contribution in [3.63, 3.8) is 0 Å². The van der Waals surface area contributed by atoms with Gasteiger partial charge in [-0.25, -0.2) is 0 Å². The van der Waals surface area contributed by atoms with E-state index in [1.165, 1.54) is 11.4 Å². The van der Waals surface area contributed by atoms with Gasteiger partial charge in [0.15, 0.2) is 0 Å². The van der Waals surface area contributed by atoms with Crippen LogP contribution in [0.4, 0.5) is 0 Å². The van der Waals surface area contributed by atoms with Gasteiger partial charge < -0.3 is 0 Å². The Bertz CT molecular complexity index is 253. The Labute approximate surface area is 68.0 Å². The maximum atomic E-state index is 4.37. The van der Waals surface area contributed by atoms with Crippen LogP contribution in [0.15, 0.2) is 11.8 Å². The van der Waals surface area contributed by atoms with Crippen LogP contribution >= 0.6 is 0 Å². The SMILES string of the molecule is CC1=CC(CC(C)C)=[N+]=[N+]1C. The molecule has 0 bridgehead atoms. The van der Waals surface area contributed by atoms with Crippen LogP contribution in [-0.2, 0) is 0 Å². The first-order chi connectivity index (χ1) is 5.09. The molecule has 0 atom stereocenters. The van der Waals surface area contributed by atoms with Gasteiger partial charge in [0.05, 0.1) is 6.42 Å². The lowest BCUT2D eigenvalue weighted by Crippen LogP contribution is -2.00. The smallest absolute Gasteiger partial charge is 0.0622 e. The van der Waals surface area contributed by atoms with Crippen molar-refractivity contribution in [1.29, 1.82) is 0 Å². The summed E-state index contributed by atoms with van der Waals surface area (Å²) in [6.45, 7) is 6.50. The summed E-state index contributed by atoms with van der Waals surface area (Å²) < 4.78 is 1.93. The third-order valence-electron chi connectivity index (χ3n) is 1.78. The lowest BCUT2D eigenvalue weighted by Gasteiger charge is -1.90. The fourth-order valence-corrected chi connectivity index (χ4v) is 1.15. The van der Waals surface area contributed by atoms with Gasteiger partial charge in [0.2, 0.25) is 11.8 Å². The molecule has 0 aromatic rings. The topological polar surface area (TPSA) is 17.1 Å². The molecule has 0 aromatic heterocycles. The highest BCUT2D eigenvalue weighted by molar-refractivity contribution is 5.90. The first-order valence-electron chi connectivity index (χ1n) is 4.09. The highest BCUT2D eigenvalue weighted by Gasteiger charge is 2.26. The van der Waals surface area contributed by atoms with Gasteiger partial charge in [0.25, 0.3) is 5.70 Å². The molecule has 0 saturated carbocycles. The predicted molar refractivity (Wildman–Crippen MR) is 44.7 cm³/mol. The highest BCUT2D eigenvalue weighted by Crippen LogP contribution is 2.06. The molecule has 60 valence electrons. The molecule has 2 nitrogen and oxygen atoms in total. The zero-order valence-electron chi connectivity index (χ0n) is 7.76. The van der Waals surface area contributed by atoms with Crippen molar-refractivity contribution < 1.29 is 9.49 Å². The minimum atomic E-state index is 0.698. The molecule has 0 spiro atoms. The lowest BCUT2D eigenvalue weighted by molar-refractivity contribution is -0.792. The van der Waals surface area contributed by atoms with Gasteiger partial charge in [-0.2, -0.15) is 0 Å². The highest BCUT2D eigenvalue weighted by atomic mass is 15.2. The number of rotatable bonds is 2. The van der Waals surface area contributed by atoms with E-state index in [0.29, 0.717) is 5.92 Å². The minimum Gasteiger partial charge on any atom is -0.0622 e. The van der Waals surface area contributed by atoms with Gasteiger partial charge in [0, 0.05) is 6.92 Å². The summed E-state index contributed by atoms with van der Waals surface area (Å²) in [6, 6.07) is 0. The maximum absolute atomic E-state index is 4.37. The van der Waals surface area contributed by atoms with Crippen molar-refractivity contribution in [2.75, 3.05) is 7.05 Å². The summed E-state index contributed by atoms with van der Waals surface area (Å²) >= 11 is 0.